The highest BCUT2D eigenvalue weighted by Crippen LogP contribution is 2.56. The van der Waals surface area contributed by atoms with Gasteiger partial charge in [-0.1, -0.05) is 0 Å². The Balaban J connectivity index is 1.49. The molecule has 3 heterocycles. The predicted molar refractivity (Wildman–Crippen MR) is 127 cm³/mol. The van der Waals surface area contributed by atoms with Gasteiger partial charge in [0.1, 0.15) is 0 Å². The number of aliphatic hydroxyl groups is 1. The zero-order valence-corrected chi connectivity index (χ0v) is 20.8. The third-order valence-electron chi connectivity index (χ3n) is 7.89. The lowest BCUT2D eigenvalue weighted by molar-refractivity contribution is -0.245. The first-order chi connectivity index (χ1) is 17.9. The van der Waals surface area contributed by atoms with Gasteiger partial charge in [-0.3, -0.25) is 4.79 Å². The van der Waals surface area contributed by atoms with Gasteiger partial charge in [0.05, 0.1) is 45.1 Å². The van der Waals surface area contributed by atoms with Crippen LogP contribution in [0.5, 0.6) is 28.7 Å². The average molecular weight is 515 g/mol. The maximum Gasteiger partial charge on any atom is 0.310 e. The van der Waals surface area contributed by atoms with Crippen LogP contribution < -0.4 is 18.9 Å². The van der Waals surface area contributed by atoms with Gasteiger partial charge in [0.25, 0.3) is 0 Å². The number of carbonyl (C=O) groups excluding carboxylic acids is 1. The predicted octanol–water partition coefficient (Wildman–Crippen LogP) is 3.02. The summed E-state index contributed by atoms with van der Waals surface area (Å²) in [6.07, 6.45) is -0.856. The number of benzene rings is 2. The molecule has 198 valence electrons. The summed E-state index contributed by atoms with van der Waals surface area (Å²) in [4.78, 5) is 13.2. The minimum absolute atomic E-state index is 0.102. The second-order valence-corrected chi connectivity index (χ2v) is 9.88. The minimum Gasteiger partial charge on any atom is -0.502 e. The Kier molecular flexibility index (Phi) is 6.05. The number of aliphatic hydroxyl groups excluding tert-OH is 1. The van der Waals surface area contributed by atoms with E-state index in [1.165, 1.54) is 14.2 Å². The number of cyclic esters (lactones) is 1. The fraction of sp³-hybridized carbons (Fsp3) is 0.519. The number of hydrogen-bond donors (Lipinski definition) is 2. The van der Waals surface area contributed by atoms with Gasteiger partial charge in [0, 0.05) is 18.3 Å². The van der Waals surface area contributed by atoms with Gasteiger partial charge in [-0.05, 0) is 54.3 Å². The molecule has 10 heteroatoms. The molecule has 0 unspecified atom stereocenters. The minimum atomic E-state index is -0.566. The molecule has 2 aromatic rings. The van der Waals surface area contributed by atoms with Crippen LogP contribution in [0.4, 0.5) is 0 Å². The van der Waals surface area contributed by atoms with Crippen LogP contribution in [-0.4, -0.2) is 62.3 Å². The van der Waals surface area contributed by atoms with Crippen molar-refractivity contribution < 1.29 is 48.2 Å². The lowest BCUT2D eigenvalue weighted by atomic mass is 9.66. The number of aromatic hydroxyl groups is 1. The van der Waals surface area contributed by atoms with Crippen LogP contribution in [0.1, 0.15) is 48.5 Å². The number of hydrogen-bond acceptors (Lipinski definition) is 10. The molecule has 10 nitrogen and oxygen atoms in total. The number of carbonyl (C=O) groups is 1. The van der Waals surface area contributed by atoms with E-state index < -0.39 is 30.3 Å². The van der Waals surface area contributed by atoms with Crippen LogP contribution in [0, 0.1) is 11.8 Å². The highest BCUT2D eigenvalue weighted by atomic mass is 16.7. The molecule has 2 saturated heterocycles. The van der Waals surface area contributed by atoms with Crippen molar-refractivity contribution in [2.45, 2.75) is 50.3 Å². The summed E-state index contributed by atoms with van der Waals surface area (Å²) in [7, 11) is 2.92. The molecule has 2 N–H and O–H groups in total. The Labute approximate surface area is 213 Å². The molecule has 37 heavy (non-hydrogen) atoms. The van der Waals surface area contributed by atoms with Crippen molar-refractivity contribution in [3.05, 3.63) is 41.0 Å². The molecule has 0 aromatic heterocycles. The van der Waals surface area contributed by atoms with E-state index in [2.05, 4.69) is 0 Å². The second-order valence-electron chi connectivity index (χ2n) is 9.88. The largest absolute Gasteiger partial charge is 0.502 e. The number of ether oxygens (including phenoxy) is 7. The summed E-state index contributed by atoms with van der Waals surface area (Å²) in [6.45, 7) is 2.11. The SMILES string of the molecule is COc1cc([C@@H]2c3cc4c(cc3[C@@H](O[C@H]3CC[C@@H](O)[C@@H](C)O3)[C@H]3COC(=O)[C@H]23)OCO4)cc(OC)c1O. The fourth-order valence-electron chi connectivity index (χ4n) is 5.98. The van der Waals surface area contributed by atoms with Crippen LogP contribution in [0.15, 0.2) is 24.3 Å². The molecule has 0 bridgehead atoms. The van der Waals surface area contributed by atoms with Crippen molar-refractivity contribution >= 4 is 5.97 Å². The van der Waals surface area contributed by atoms with Crippen LogP contribution in [0.3, 0.4) is 0 Å². The quantitative estimate of drug-likeness (QED) is 0.576. The lowest BCUT2D eigenvalue weighted by Crippen LogP contribution is -2.42. The first kappa shape index (κ1) is 24.1. The zero-order chi connectivity index (χ0) is 25.8. The normalized spacial score (nSPS) is 31.9. The number of phenolic OH excluding ortho intramolecular Hbond substituents is 1. The van der Waals surface area contributed by atoms with Crippen molar-refractivity contribution in [3.63, 3.8) is 0 Å². The van der Waals surface area contributed by atoms with E-state index in [0.29, 0.717) is 24.3 Å². The van der Waals surface area contributed by atoms with Gasteiger partial charge in [-0.2, -0.15) is 0 Å². The molecular formula is C27H30O10. The summed E-state index contributed by atoms with van der Waals surface area (Å²) >= 11 is 0. The number of phenols is 1. The molecule has 3 aliphatic heterocycles. The highest BCUT2D eigenvalue weighted by Gasteiger charge is 2.54. The molecule has 1 aliphatic carbocycles. The number of fused-ring (bicyclic) bond motifs is 3. The Morgan fingerprint density at radius 2 is 1.62 bits per heavy atom. The monoisotopic (exact) mass is 514 g/mol. The molecule has 2 fully saturated rings. The number of rotatable bonds is 5. The molecule has 7 atom stereocenters. The van der Waals surface area contributed by atoms with E-state index in [1.807, 2.05) is 19.1 Å². The molecule has 0 amide bonds. The highest BCUT2D eigenvalue weighted by molar-refractivity contribution is 5.79. The van der Waals surface area contributed by atoms with Crippen molar-refractivity contribution in [1.82, 2.24) is 0 Å². The topological polar surface area (TPSA) is 122 Å². The second kappa shape index (κ2) is 9.27. The fourth-order valence-corrected chi connectivity index (χ4v) is 5.98. The van der Waals surface area contributed by atoms with E-state index in [1.54, 1.807) is 12.1 Å². The molecular weight excluding hydrogens is 484 g/mol. The van der Waals surface area contributed by atoms with Crippen LogP contribution in [0.25, 0.3) is 0 Å². The standard InChI is InChI=1S/C27H30O10/c1-12-17(28)4-5-22(36-12)37-26-15-9-19-18(34-11-35-19)8-14(15)23(24-16(26)10-33-27(24)30)13-6-20(31-2)25(29)21(7-13)32-3/h6-9,12,16-17,22-24,26,28-29H,4-5,10-11H2,1-3H3/t12-,16+,17-,22+,23-,24+,26-/m1/s1. The molecule has 2 aromatic carbocycles. The lowest BCUT2D eigenvalue weighted by Gasteiger charge is -2.41. The Morgan fingerprint density at radius 3 is 2.27 bits per heavy atom. The van der Waals surface area contributed by atoms with E-state index in [9.17, 15) is 15.0 Å². The number of methoxy groups -OCH3 is 2. The summed E-state index contributed by atoms with van der Waals surface area (Å²) in [6, 6.07) is 7.23. The zero-order valence-electron chi connectivity index (χ0n) is 20.8. The van der Waals surface area contributed by atoms with Gasteiger partial charge in [-0.15, -0.1) is 0 Å². The number of esters is 1. The molecule has 6 rings (SSSR count). The molecule has 0 radical (unpaired) electrons. The summed E-state index contributed by atoms with van der Waals surface area (Å²) in [5.74, 6) is -0.104. The van der Waals surface area contributed by atoms with Gasteiger partial charge in [-0.25, -0.2) is 0 Å². The molecule has 0 saturated carbocycles. The third kappa shape index (κ3) is 3.94. The van der Waals surface area contributed by atoms with Gasteiger partial charge in [0.15, 0.2) is 29.3 Å². The third-order valence-corrected chi connectivity index (χ3v) is 7.89. The van der Waals surface area contributed by atoms with Crippen molar-refractivity contribution in [1.29, 1.82) is 0 Å². The smallest absolute Gasteiger partial charge is 0.310 e. The first-order valence-corrected chi connectivity index (χ1v) is 12.4. The van der Waals surface area contributed by atoms with E-state index in [4.69, 9.17) is 33.2 Å². The first-order valence-electron chi connectivity index (χ1n) is 12.4. The maximum absolute atomic E-state index is 13.2. The van der Waals surface area contributed by atoms with Crippen molar-refractivity contribution in [2.75, 3.05) is 27.6 Å². The van der Waals surface area contributed by atoms with Crippen LogP contribution in [-0.2, 0) is 19.0 Å². The summed E-state index contributed by atoms with van der Waals surface area (Å²) in [5.41, 5.74) is 2.40. The van der Waals surface area contributed by atoms with Crippen LogP contribution >= 0.6 is 0 Å². The Morgan fingerprint density at radius 1 is 0.946 bits per heavy atom. The van der Waals surface area contributed by atoms with E-state index in [0.717, 1.165) is 16.7 Å². The van der Waals surface area contributed by atoms with Gasteiger partial charge in [0.2, 0.25) is 12.5 Å². The summed E-state index contributed by atoms with van der Waals surface area (Å²) in [5, 5.41) is 20.6. The summed E-state index contributed by atoms with van der Waals surface area (Å²) < 4.78 is 40.3. The van der Waals surface area contributed by atoms with Crippen molar-refractivity contribution in [3.8, 4) is 28.7 Å². The van der Waals surface area contributed by atoms with E-state index >= 15 is 0 Å². The van der Waals surface area contributed by atoms with E-state index in [-0.39, 0.29) is 48.6 Å². The van der Waals surface area contributed by atoms with Crippen molar-refractivity contribution in [2.24, 2.45) is 11.8 Å². The Hall–Kier alpha value is -3.21. The molecule has 0 spiro atoms. The Bertz CT molecular complexity index is 1190. The van der Waals surface area contributed by atoms with Crippen LogP contribution in [0.2, 0.25) is 0 Å². The maximum atomic E-state index is 13.2. The molecule has 4 aliphatic rings. The van der Waals surface area contributed by atoms with Gasteiger partial charge >= 0.3 is 5.97 Å². The van der Waals surface area contributed by atoms with Gasteiger partial charge < -0.3 is 43.4 Å². The average Bonchev–Trinajstić information content (AvgIpc) is 3.51.